The first kappa shape index (κ1) is 18.7. The highest BCUT2D eigenvalue weighted by Crippen LogP contribution is 2.20. The van der Waals surface area contributed by atoms with Crippen LogP contribution in [0.5, 0.6) is 0 Å². The van der Waals surface area contributed by atoms with E-state index >= 15 is 0 Å². The van der Waals surface area contributed by atoms with Gasteiger partial charge >= 0.3 is 0 Å². The molecule has 0 aliphatic carbocycles. The number of aromatic nitrogens is 2. The van der Waals surface area contributed by atoms with Gasteiger partial charge in [0.15, 0.2) is 4.77 Å². The number of anilines is 1. The number of H-pyrrole nitrogens is 1. The van der Waals surface area contributed by atoms with E-state index in [0.29, 0.717) is 11.3 Å². The second kappa shape index (κ2) is 8.54. The minimum absolute atomic E-state index is 0.0255. The maximum absolute atomic E-state index is 13.1. The fourth-order valence-electron chi connectivity index (χ4n) is 4.25. The normalized spacial score (nSPS) is 18.9. The predicted octanol–water partition coefficient (Wildman–Crippen LogP) is 1.35. The molecule has 7 heteroatoms. The zero-order valence-corrected chi connectivity index (χ0v) is 16.7. The van der Waals surface area contributed by atoms with Gasteiger partial charge in [-0.05, 0) is 49.7 Å². The number of benzene rings is 1. The minimum atomic E-state index is 0.0255. The summed E-state index contributed by atoms with van der Waals surface area (Å²) in [5.41, 5.74) is 1.93. The largest absolute Gasteiger partial charge is 0.378 e. The van der Waals surface area contributed by atoms with E-state index in [4.69, 9.17) is 17.0 Å². The van der Waals surface area contributed by atoms with Crippen LogP contribution in [0.1, 0.15) is 25.7 Å². The summed E-state index contributed by atoms with van der Waals surface area (Å²) in [5, 5.41) is 0.720. The number of aromatic amines is 1. The lowest BCUT2D eigenvalue weighted by Gasteiger charge is -2.29. The van der Waals surface area contributed by atoms with Gasteiger partial charge in [0.05, 0.1) is 43.8 Å². The van der Waals surface area contributed by atoms with Crippen molar-refractivity contribution in [1.29, 1.82) is 0 Å². The Kier molecular flexibility index (Phi) is 5.90. The average Bonchev–Trinajstić information content (AvgIpc) is 2.72. The standard InChI is InChI=1S/C20H28N4O2S/c25-19-17-15-16(23-11-13-26-14-12-23)5-6-18(17)21-20(27)24(19)10-4-9-22-7-2-1-3-8-22/h5-6,15H,1-4,7-14H2,(H,21,27)/p+1. The lowest BCUT2D eigenvalue weighted by atomic mass is 10.1. The van der Waals surface area contributed by atoms with Crippen molar-refractivity contribution in [2.24, 2.45) is 0 Å². The second-order valence-electron chi connectivity index (χ2n) is 7.63. The van der Waals surface area contributed by atoms with Gasteiger partial charge in [-0.15, -0.1) is 0 Å². The number of likely N-dealkylation sites (tertiary alicyclic amines) is 1. The Morgan fingerprint density at radius 3 is 2.70 bits per heavy atom. The summed E-state index contributed by atoms with van der Waals surface area (Å²) in [7, 11) is 0. The number of nitrogens with one attached hydrogen (secondary N) is 2. The Hall–Kier alpha value is -1.70. The summed E-state index contributed by atoms with van der Waals surface area (Å²) in [6.45, 7) is 7.53. The van der Waals surface area contributed by atoms with Crippen molar-refractivity contribution < 1.29 is 9.64 Å². The Labute approximate surface area is 164 Å². The van der Waals surface area contributed by atoms with Crippen LogP contribution in [0, 0.1) is 4.77 Å². The quantitative estimate of drug-likeness (QED) is 0.758. The number of rotatable bonds is 5. The number of hydrogen-bond donors (Lipinski definition) is 2. The van der Waals surface area contributed by atoms with Crippen LogP contribution < -0.4 is 15.4 Å². The molecule has 146 valence electrons. The lowest BCUT2D eigenvalue weighted by Crippen LogP contribution is -3.12. The summed E-state index contributed by atoms with van der Waals surface area (Å²) in [6, 6.07) is 6.03. The molecular formula is C20H29N4O2S+. The van der Waals surface area contributed by atoms with Crippen LogP contribution in [0.2, 0.25) is 0 Å². The van der Waals surface area contributed by atoms with E-state index in [2.05, 4.69) is 16.0 Å². The first-order valence-corrected chi connectivity index (χ1v) is 10.6. The fraction of sp³-hybridized carbons (Fsp3) is 0.600. The topological polar surface area (TPSA) is 54.7 Å². The van der Waals surface area contributed by atoms with E-state index in [0.717, 1.165) is 55.9 Å². The number of nitrogens with zero attached hydrogens (tertiary/aromatic N) is 2. The van der Waals surface area contributed by atoms with Crippen molar-refractivity contribution >= 4 is 28.8 Å². The molecule has 3 heterocycles. The molecule has 0 amide bonds. The number of piperidine rings is 1. The van der Waals surface area contributed by atoms with Gasteiger partial charge in [-0.25, -0.2) is 0 Å². The summed E-state index contributed by atoms with van der Waals surface area (Å²) >= 11 is 5.47. The van der Waals surface area contributed by atoms with Gasteiger partial charge in [0.2, 0.25) is 0 Å². The molecule has 1 aromatic carbocycles. The predicted molar refractivity (Wildman–Crippen MR) is 110 cm³/mol. The molecule has 2 saturated heterocycles. The molecule has 0 saturated carbocycles. The highest BCUT2D eigenvalue weighted by Gasteiger charge is 2.15. The molecule has 0 radical (unpaired) electrons. The SMILES string of the molecule is O=c1c2cc(N3CCOCC3)ccc2[nH]c(=S)n1CCC[NH+]1CCCCC1. The third-order valence-electron chi connectivity index (χ3n) is 5.81. The molecular weight excluding hydrogens is 360 g/mol. The first-order chi connectivity index (χ1) is 13.2. The molecule has 2 N–H and O–H groups in total. The molecule has 4 rings (SSSR count). The number of fused-ring (bicyclic) bond motifs is 1. The van der Waals surface area contributed by atoms with Crippen molar-refractivity contribution in [2.45, 2.75) is 32.2 Å². The molecule has 1 aromatic heterocycles. The molecule has 0 atom stereocenters. The van der Waals surface area contributed by atoms with Crippen molar-refractivity contribution in [2.75, 3.05) is 50.8 Å². The van der Waals surface area contributed by atoms with Gasteiger partial charge in [0.1, 0.15) is 0 Å². The zero-order chi connectivity index (χ0) is 18.6. The average molecular weight is 390 g/mol. The van der Waals surface area contributed by atoms with Gasteiger partial charge in [-0.2, -0.15) is 0 Å². The molecule has 2 aromatic rings. The highest BCUT2D eigenvalue weighted by atomic mass is 32.1. The highest BCUT2D eigenvalue weighted by molar-refractivity contribution is 7.71. The number of quaternary nitrogens is 1. The molecule has 2 fully saturated rings. The molecule has 0 spiro atoms. The molecule has 0 bridgehead atoms. The van der Waals surface area contributed by atoms with Crippen LogP contribution >= 0.6 is 12.2 Å². The van der Waals surface area contributed by atoms with Crippen molar-refractivity contribution in [3.8, 4) is 0 Å². The molecule has 27 heavy (non-hydrogen) atoms. The van der Waals surface area contributed by atoms with Crippen molar-refractivity contribution in [3.63, 3.8) is 0 Å². The van der Waals surface area contributed by atoms with Gasteiger partial charge in [-0.3, -0.25) is 9.36 Å². The fourth-order valence-corrected chi connectivity index (χ4v) is 4.53. The van der Waals surface area contributed by atoms with E-state index < -0.39 is 0 Å². The Balaban J connectivity index is 1.54. The van der Waals surface area contributed by atoms with Crippen LogP contribution in [0.15, 0.2) is 23.0 Å². The summed E-state index contributed by atoms with van der Waals surface area (Å²) < 4.78 is 7.70. The van der Waals surface area contributed by atoms with E-state index in [1.165, 1.54) is 32.4 Å². The molecule has 2 aliphatic rings. The van der Waals surface area contributed by atoms with Crippen molar-refractivity contribution in [1.82, 2.24) is 9.55 Å². The van der Waals surface area contributed by atoms with Crippen LogP contribution in [0.25, 0.3) is 10.9 Å². The number of morpholine rings is 1. The Morgan fingerprint density at radius 1 is 1.15 bits per heavy atom. The van der Waals surface area contributed by atoms with Crippen LogP contribution in [0.3, 0.4) is 0 Å². The van der Waals surface area contributed by atoms with Crippen LogP contribution in [0.4, 0.5) is 5.69 Å². The smallest absolute Gasteiger partial charge is 0.262 e. The molecule has 2 aliphatic heterocycles. The maximum Gasteiger partial charge on any atom is 0.262 e. The Morgan fingerprint density at radius 2 is 1.93 bits per heavy atom. The third-order valence-corrected chi connectivity index (χ3v) is 6.14. The second-order valence-corrected chi connectivity index (χ2v) is 8.02. The Bertz CT molecular complexity index is 895. The van der Waals surface area contributed by atoms with Crippen LogP contribution in [-0.2, 0) is 11.3 Å². The lowest BCUT2D eigenvalue weighted by molar-refractivity contribution is -0.905. The van der Waals surface area contributed by atoms with E-state index in [-0.39, 0.29) is 5.56 Å². The van der Waals surface area contributed by atoms with Crippen molar-refractivity contribution in [3.05, 3.63) is 33.3 Å². The first-order valence-electron chi connectivity index (χ1n) is 10.2. The van der Waals surface area contributed by atoms with E-state index in [1.807, 2.05) is 12.1 Å². The monoisotopic (exact) mass is 389 g/mol. The molecule has 0 unspecified atom stereocenters. The summed E-state index contributed by atoms with van der Waals surface area (Å²) in [4.78, 5) is 20.3. The van der Waals surface area contributed by atoms with Crippen LogP contribution in [-0.4, -0.2) is 55.5 Å². The van der Waals surface area contributed by atoms with Gasteiger partial charge < -0.3 is 19.5 Å². The van der Waals surface area contributed by atoms with Gasteiger partial charge in [-0.1, -0.05) is 0 Å². The van der Waals surface area contributed by atoms with Gasteiger partial charge in [0, 0.05) is 31.7 Å². The maximum atomic E-state index is 13.1. The molecule has 6 nitrogen and oxygen atoms in total. The van der Waals surface area contributed by atoms with E-state index in [1.54, 1.807) is 9.47 Å². The third kappa shape index (κ3) is 4.25. The summed E-state index contributed by atoms with van der Waals surface area (Å²) in [5.74, 6) is 0. The number of hydrogen-bond acceptors (Lipinski definition) is 4. The van der Waals surface area contributed by atoms with Gasteiger partial charge in [0.25, 0.3) is 5.56 Å². The van der Waals surface area contributed by atoms with E-state index in [9.17, 15) is 4.79 Å². The minimum Gasteiger partial charge on any atom is -0.378 e. The number of ether oxygens (including phenoxy) is 1. The summed E-state index contributed by atoms with van der Waals surface area (Å²) in [6.07, 6.45) is 5.01. The zero-order valence-electron chi connectivity index (χ0n) is 15.8.